The van der Waals surface area contributed by atoms with Crippen LogP contribution in [-0.2, 0) is 4.79 Å². The molecule has 1 unspecified atom stereocenters. The first-order chi connectivity index (χ1) is 8.17. The Kier molecular flexibility index (Phi) is 6.28. The van der Waals surface area contributed by atoms with E-state index in [0.717, 1.165) is 31.9 Å². The topological polar surface area (TPSA) is 32.3 Å². The fraction of sp³-hybridized carbons (Fsp3) is 0.923. The summed E-state index contributed by atoms with van der Waals surface area (Å²) in [6.07, 6.45) is 5.75. The van der Waals surface area contributed by atoms with Crippen LogP contribution >= 0.6 is 24.2 Å². The van der Waals surface area contributed by atoms with Gasteiger partial charge in [0.1, 0.15) is 0 Å². The molecule has 0 aromatic carbocycles. The van der Waals surface area contributed by atoms with E-state index in [1.54, 1.807) is 11.8 Å². The SMILES string of the molecule is CSCC(C)C(=O)N1CCC2(CCNC2)CC1.Cl. The van der Waals surface area contributed by atoms with Crippen molar-refractivity contribution >= 4 is 30.1 Å². The smallest absolute Gasteiger partial charge is 0.226 e. The fourth-order valence-corrected chi connectivity index (χ4v) is 3.70. The van der Waals surface area contributed by atoms with Crippen molar-refractivity contribution in [2.75, 3.05) is 38.2 Å². The molecule has 106 valence electrons. The molecule has 0 aromatic rings. The number of hydrogen-bond donors (Lipinski definition) is 1. The number of carbonyl (C=O) groups is 1. The molecule has 2 aliphatic rings. The van der Waals surface area contributed by atoms with Gasteiger partial charge in [-0.05, 0) is 37.5 Å². The van der Waals surface area contributed by atoms with Crippen LogP contribution in [0, 0.1) is 11.3 Å². The van der Waals surface area contributed by atoms with Crippen LogP contribution < -0.4 is 5.32 Å². The van der Waals surface area contributed by atoms with E-state index in [0.29, 0.717) is 11.3 Å². The molecule has 18 heavy (non-hydrogen) atoms. The molecule has 0 saturated carbocycles. The molecule has 2 aliphatic heterocycles. The zero-order valence-corrected chi connectivity index (χ0v) is 13.0. The lowest BCUT2D eigenvalue weighted by molar-refractivity contribution is -0.136. The first kappa shape index (κ1) is 16.1. The Morgan fingerprint density at radius 3 is 2.56 bits per heavy atom. The second kappa shape index (κ2) is 7.01. The molecule has 1 atom stereocenters. The number of likely N-dealkylation sites (tertiary alicyclic amines) is 1. The number of thioether (sulfide) groups is 1. The number of rotatable bonds is 3. The minimum absolute atomic E-state index is 0. The average molecular weight is 293 g/mol. The van der Waals surface area contributed by atoms with Crippen LogP contribution in [0.1, 0.15) is 26.2 Å². The van der Waals surface area contributed by atoms with Crippen LogP contribution in [0.3, 0.4) is 0 Å². The molecule has 0 aromatic heterocycles. The molecule has 1 spiro atoms. The molecule has 0 radical (unpaired) electrons. The van der Waals surface area contributed by atoms with Crippen molar-refractivity contribution in [3.8, 4) is 0 Å². The van der Waals surface area contributed by atoms with Gasteiger partial charge in [-0.2, -0.15) is 11.8 Å². The largest absolute Gasteiger partial charge is 0.342 e. The van der Waals surface area contributed by atoms with Crippen molar-refractivity contribution in [1.82, 2.24) is 10.2 Å². The summed E-state index contributed by atoms with van der Waals surface area (Å²) in [6, 6.07) is 0. The third-order valence-electron chi connectivity index (χ3n) is 4.31. The summed E-state index contributed by atoms with van der Waals surface area (Å²) >= 11 is 1.76. The van der Waals surface area contributed by atoms with Crippen LogP contribution in [0.4, 0.5) is 0 Å². The zero-order chi connectivity index (χ0) is 12.3. The van der Waals surface area contributed by atoms with Gasteiger partial charge in [0.2, 0.25) is 5.91 Å². The van der Waals surface area contributed by atoms with E-state index in [4.69, 9.17) is 0 Å². The van der Waals surface area contributed by atoms with Crippen molar-refractivity contribution in [2.45, 2.75) is 26.2 Å². The number of halogens is 1. The van der Waals surface area contributed by atoms with Gasteiger partial charge in [0.25, 0.3) is 0 Å². The van der Waals surface area contributed by atoms with Crippen LogP contribution in [0.5, 0.6) is 0 Å². The molecule has 1 amide bonds. The van der Waals surface area contributed by atoms with E-state index in [9.17, 15) is 4.79 Å². The molecule has 2 heterocycles. The number of piperidine rings is 1. The molecule has 2 saturated heterocycles. The summed E-state index contributed by atoms with van der Waals surface area (Å²) in [7, 11) is 0. The highest BCUT2D eigenvalue weighted by Gasteiger charge is 2.38. The third-order valence-corrected chi connectivity index (χ3v) is 5.14. The van der Waals surface area contributed by atoms with Crippen molar-refractivity contribution in [3.63, 3.8) is 0 Å². The Morgan fingerprint density at radius 1 is 1.39 bits per heavy atom. The molecule has 5 heteroatoms. The van der Waals surface area contributed by atoms with Crippen LogP contribution in [0.2, 0.25) is 0 Å². The maximum Gasteiger partial charge on any atom is 0.226 e. The van der Waals surface area contributed by atoms with Gasteiger partial charge in [-0.25, -0.2) is 0 Å². The van der Waals surface area contributed by atoms with Gasteiger partial charge in [-0.1, -0.05) is 6.92 Å². The fourth-order valence-electron chi connectivity index (χ4n) is 3.06. The third kappa shape index (κ3) is 3.55. The van der Waals surface area contributed by atoms with Gasteiger partial charge >= 0.3 is 0 Å². The Morgan fingerprint density at radius 2 is 2.06 bits per heavy atom. The predicted octanol–water partition coefficient (Wildman–Crippen LogP) is 2.01. The Bertz CT molecular complexity index is 272. The number of hydrogen-bond acceptors (Lipinski definition) is 3. The summed E-state index contributed by atoms with van der Waals surface area (Å²) in [6.45, 7) is 6.32. The number of amides is 1. The monoisotopic (exact) mass is 292 g/mol. The number of nitrogens with one attached hydrogen (secondary N) is 1. The molecular formula is C13H25ClN2OS. The molecular weight excluding hydrogens is 268 g/mol. The summed E-state index contributed by atoms with van der Waals surface area (Å²) in [5.41, 5.74) is 0.513. The van der Waals surface area contributed by atoms with Crippen LogP contribution in [-0.4, -0.2) is 49.0 Å². The molecule has 1 N–H and O–H groups in total. The Labute approximate surface area is 121 Å². The van der Waals surface area contributed by atoms with E-state index in [1.807, 2.05) is 0 Å². The lowest BCUT2D eigenvalue weighted by Crippen LogP contribution is -2.46. The van der Waals surface area contributed by atoms with Gasteiger partial charge in [0.05, 0.1) is 0 Å². The minimum Gasteiger partial charge on any atom is -0.342 e. The highest BCUT2D eigenvalue weighted by atomic mass is 35.5. The summed E-state index contributed by atoms with van der Waals surface area (Å²) in [4.78, 5) is 14.3. The van der Waals surface area contributed by atoms with E-state index >= 15 is 0 Å². The maximum atomic E-state index is 12.2. The normalized spacial score (nSPS) is 23.8. The molecule has 2 rings (SSSR count). The van der Waals surface area contributed by atoms with Gasteiger partial charge in [-0.3, -0.25) is 4.79 Å². The van der Waals surface area contributed by atoms with E-state index in [-0.39, 0.29) is 18.3 Å². The van der Waals surface area contributed by atoms with Crippen molar-refractivity contribution in [3.05, 3.63) is 0 Å². The van der Waals surface area contributed by atoms with Gasteiger partial charge in [0, 0.05) is 31.3 Å². The first-order valence-electron chi connectivity index (χ1n) is 6.65. The Hall–Kier alpha value is 0.0700. The second-order valence-electron chi connectivity index (χ2n) is 5.61. The zero-order valence-electron chi connectivity index (χ0n) is 11.4. The Balaban J connectivity index is 0.00000162. The highest BCUT2D eigenvalue weighted by Crippen LogP contribution is 2.37. The lowest BCUT2D eigenvalue weighted by atomic mass is 9.77. The van der Waals surface area contributed by atoms with Gasteiger partial charge in [0.15, 0.2) is 0 Å². The van der Waals surface area contributed by atoms with Crippen molar-refractivity contribution in [1.29, 1.82) is 0 Å². The molecule has 2 fully saturated rings. The quantitative estimate of drug-likeness (QED) is 0.864. The minimum atomic E-state index is 0. The summed E-state index contributed by atoms with van der Waals surface area (Å²) in [5.74, 6) is 1.49. The van der Waals surface area contributed by atoms with Crippen molar-refractivity contribution in [2.24, 2.45) is 11.3 Å². The second-order valence-corrected chi connectivity index (χ2v) is 6.52. The van der Waals surface area contributed by atoms with Gasteiger partial charge < -0.3 is 10.2 Å². The summed E-state index contributed by atoms with van der Waals surface area (Å²) in [5, 5.41) is 3.46. The van der Waals surface area contributed by atoms with E-state index < -0.39 is 0 Å². The summed E-state index contributed by atoms with van der Waals surface area (Å²) < 4.78 is 0. The number of nitrogens with zero attached hydrogens (tertiary/aromatic N) is 1. The predicted molar refractivity (Wildman–Crippen MR) is 80.5 cm³/mol. The van der Waals surface area contributed by atoms with Crippen LogP contribution in [0.15, 0.2) is 0 Å². The maximum absolute atomic E-state index is 12.2. The highest BCUT2D eigenvalue weighted by molar-refractivity contribution is 7.98. The van der Waals surface area contributed by atoms with Crippen molar-refractivity contribution < 1.29 is 4.79 Å². The molecule has 0 bridgehead atoms. The van der Waals surface area contributed by atoms with Crippen LogP contribution in [0.25, 0.3) is 0 Å². The standard InChI is InChI=1S/C13H24N2OS.ClH/c1-11(9-17-2)12(16)15-7-4-13(5-8-15)3-6-14-10-13;/h11,14H,3-10H2,1-2H3;1H. The number of carbonyl (C=O) groups excluding carboxylic acids is 1. The van der Waals surface area contributed by atoms with E-state index in [1.165, 1.54) is 19.3 Å². The molecule has 0 aliphatic carbocycles. The van der Waals surface area contributed by atoms with Gasteiger partial charge in [-0.15, -0.1) is 12.4 Å². The lowest BCUT2D eigenvalue weighted by Gasteiger charge is -2.39. The average Bonchev–Trinajstić information content (AvgIpc) is 2.78. The van der Waals surface area contributed by atoms with E-state index in [2.05, 4.69) is 23.4 Å². The molecule has 3 nitrogen and oxygen atoms in total. The first-order valence-corrected chi connectivity index (χ1v) is 8.05.